The maximum Gasteiger partial charge on any atom is 0.228 e. The molecule has 2 atom stereocenters. The topological polar surface area (TPSA) is 105 Å². The second-order valence-electron chi connectivity index (χ2n) is 4.34. The van der Waals surface area contributed by atoms with E-state index < -0.39 is 17.7 Å². The van der Waals surface area contributed by atoms with E-state index in [1.54, 1.807) is 0 Å². The van der Waals surface area contributed by atoms with Gasteiger partial charge >= 0.3 is 0 Å². The van der Waals surface area contributed by atoms with Crippen LogP contribution in [0.4, 0.5) is 0 Å². The summed E-state index contributed by atoms with van der Waals surface area (Å²) in [5.74, 6) is -1.78. The number of nitriles is 1. The molecule has 1 aliphatic heterocycles. The summed E-state index contributed by atoms with van der Waals surface area (Å²) in [6, 6.07) is 9.33. The fourth-order valence-electron chi connectivity index (χ4n) is 2.25. The Labute approximate surface area is 129 Å². The Morgan fingerprint density at radius 2 is 2.20 bits per heavy atom. The Hall–Kier alpha value is -1.91. The molecule has 2 rings (SSSR count). The molecule has 1 amide bonds. The van der Waals surface area contributed by atoms with Gasteiger partial charge in [-0.2, -0.15) is 5.26 Å². The quantitative estimate of drug-likeness (QED) is 0.696. The van der Waals surface area contributed by atoms with Crippen molar-refractivity contribution >= 4 is 39.0 Å². The first-order chi connectivity index (χ1) is 9.45. The predicted molar refractivity (Wildman–Crippen MR) is 82.1 cm³/mol. The predicted octanol–water partition coefficient (Wildman–Crippen LogP) is 1.26. The van der Waals surface area contributed by atoms with Crippen molar-refractivity contribution in [2.75, 3.05) is 0 Å². The lowest BCUT2D eigenvalue weighted by Gasteiger charge is -2.31. The van der Waals surface area contributed by atoms with Crippen LogP contribution in [-0.4, -0.2) is 10.9 Å². The molecule has 0 spiro atoms. The number of hydrogen-bond donors (Lipinski definition) is 3. The maximum absolute atomic E-state index is 11.7. The van der Waals surface area contributed by atoms with Gasteiger partial charge in [0.05, 0.1) is 16.6 Å². The first kappa shape index (κ1) is 14.5. The summed E-state index contributed by atoms with van der Waals surface area (Å²) in [4.78, 5) is 11.9. The monoisotopic (exact) mass is 350 g/mol. The summed E-state index contributed by atoms with van der Waals surface area (Å²) in [5.41, 5.74) is 12.3. The number of hydrogen-bond acceptors (Lipinski definition) is 4. The summed E-state index contributed by atoms with van der Waals surface area (Å²) in [6.07, 6.45) is 0. The van der Waals surface area contributed by atoms with Gasteiger partial charge < -0.3 is 16.8 Å². The van der Waals surface area contributed by atoms with Crippen molar-refractivity contribution in [2.24, 2.45) is 17.4 Å². The second kappa shape index (κ2) is 5.61. The summed E-state index contributed by atoms with van der Waals surface area (Å²) in [6.45, 7) is 0. The highest BCUT2D eigenvalue weighted by atomic mass is 79.9. The van der Waals surface area contributed by atoms with E-state index in [1.165, 1.54) is 0 Å². The number of allylic oxidation sites excluding steroid dienone is 1. The third-order valence-electron chi connectivity index (χ3n) is 3.11. The molecule has 7 heteroatoms. The molecule has 0 aliphatic carbocycles. The average Bonchev–Trinajstić information content (AvgIpc) is 2.37. The molecular weight excluding hydrogens is 340 g/mol. The molecule has 1 heterocycles. The highest BCUT2D eigenvalue weighted by Gasteiger charge is 2.39. The number of rotatable bonds is 2. The number of amides is 1. The molecule has 5 N–H and O–H groups in total. The molecular formula is C13H11BrN4OS. The first-order valence-electron chi connectivity index (χ1n) is 5.71. The van der Waals surface area contributed by atoms with E-state index in [2.05, 4.69) is 21.2 Å². The van der Waals surface area contributed by atoms with E-state index in [0.29, 0.717) is 0 Å². The van der Waals surface area contributed by atoms with Gasteiger partial charge in [-0.3, -0.25) is 4.79 Å². The molecule has 1 aromatic rings. The van der Waals surface area contributed by atoms with Crippen LogP contribution in [0, 0.1) is 17.2 Å². The van der Waals surface area contributed by atoms with Gasteiger partial charge in [-0.05, 0) is 17.7 Å². The molecule has 0 radical (unpaired) electrons. The Kier molecular flexibility index (Phi) is 4.06. The van der Waals surface area contributed by atoms with Gasteiger partial charge in [0.25, 0.3) is 0 Å². The first-order valence-corrected chi connectivity index (χ1v) is 6.91. The van der Waals surface area contributed by atoms with E-state index in [-0.39, 0.29) is 16.4 Å². The van der Waals surface area contributed by atoms with Crippen LogP contribution in [0.2, 0.25) is 0 Å². The third kappa shape index (κ3) is 2.53. The summed E-state index contributed by atoms with van der Waals surface area (Å²) >= 11 is 8.51. The van der Waals surface area contributed by atoms with E-state index in [1.807, 2.05) is 30.3 Å². The molecule has 0 saturated heterocycles. The second-order valence-corrected chi connectivity index (χ2v) is 5.70. The van der Waals surface area contributed by atoms with Crippen molar-refractivity contribution in [3.63, 3.8) is 0 Å². The lowest BCUT2D eigenvalue weighted by atomic mass is 9.78. The lowest BCUT2D eigenvalue weighted by Crippen LogP contribution is -2.47. The van der Waals surface area contributed by atoms with Crippen molar-refractivity contribution in [2.45, 2.75) is 5.92 Å². The van der Waals surface area contributed by atoms with Crippen LogP contribution in [0.5, 0.6) is 0 Å². The normalized spacial score (nSPS) is 22.1. The minimum atomic E-state index is -0.791. The molecule has 20 heavy (non-hydrogen) atoms. The van der Waals surface area contributed by atoms with Gasteiger partial charge in [0.1, 0.15) is 11.7 Å². The van der Waals surface area contributed by atoms with Gasteiger partial charge in [0.15, 0.2) is 0 Å². The Morgan fingerprint density at radius 1 is 1.50 bits per heavy atom. The van der Waals surface area contributed by atoms with E-state index in [9.17, 15) is 10.1 Å². The largest absolute Gasteiger partial charge is 0.384 e. The van der Waals surface area contributed by atoms with Crippen LogP contribution >= 0.6 is 28.1 Å². The standard InChI is InChI=1S/C13H11BrN4OS/c14-7-3-1-2-6(4-7)9-8(5-15)11(16)18-13(20)10(9)12(17)19/h1-4,9-10H,16H2,(H2,17,19)(H,18,20)/t9-,10+/m1/s1. The van der Waals surface area contributed by atoms with E-state index in [4.69, 9.17) is 23.7 Å². The zero-order chi connectivity index (χ0) is 14.9. The molecule has 0 fully saturated rings. The summed E-state index contributed by atoms with van der Waals surface area (Å²) in [7, 11) is 0. The summed E-state index contributed by atoms with van der Waals surface area (Å²) in [5, 5.41) is 12.0. The number of carbonyl (C=O) groups excluding carboxylic acids is 1. The number of thiocarbonyl (C=S) groups is 1. The van der Waals surface area contributed by atoms with Crippen molar-refractivity contribution < 1.29 is 4.79 Å². The molecule has 0 bridgehead atoms. The number of nitrogens with zero attached hydrogens (tertiary/aromatic N) is 1. The molecule has 5 nitrogen and oxygen atoms in total. The highest BCUT2D eigenvalue weighted by Crippen LogP contribution is 2.36. The maximum atomic E-state index is 11.7. The number of halogens is 1. The van der Waals surface area contributed by atoms with Crippen LogP contribution in [0.1, 0.15) is 11.5 Å². The molecule has 102 valence electrons. The fraction of sp³-hybridized carbons (Fsp3) is 0.154. The fourth-order valence-corrected chi connectivity index (χ4v) is 3.02. The summed E-state index contributed by atoms with van der Waals surface area (Å²) < 4.78 is 0.832. The molecule has 1 aliphatic rings. The number of nitrogens with two attached hydrogens (primary N) is 2. The lowest BCUT2D eigenvalue weighted by molar-refractivity contribution is -0.120. The van der Waals surface area contributed by atoms with Crippen LogP contribution < -0.4 is 16.8 Å². The SMILES string of the molecule is N#CC1=C(N)NC(=S)[C@H](C(N)=O)[C@@H]1c1cccc(Br)c1. The van der Waals surface area contributed by atoms with Crippen LogP contribution in [0.15, 0.2) is 40.1 Å². The van der Waals surface area contributed by atoms with Crippen LogP contribution in [0.25, 0.3) is 0 Å². The molecule has 0 unspecified atom stereocenters. The smallest absolute Gasteiger partial charge is 0.228 e. The van der Waals surface area contributed by atoms with Gasteiger partial charge in [-0.1, -0.05) is 40.3 Å². The average molecular weight is 351 g/mol. The van der Waals surface area contributed by atoms with Gasteiger partial charge in [-0.25, -0.2) is 0 Å². The molecule has 0 aromatic heterocycles. The number of primary amides is 1. The van der Waals surface area contributed by atoms with Gasteiger partial charge in [-0.15, -0.1) is 0 Å². The number of nitrogens with one attached hydrogen (secondary N) is 1. The number of carbonyl (C=O) groups is 1. The van der Waals surface area contributed by atoms with Crippen molar-refractivity contribution in [1.29, 1.82) is 5.26 Å². The van der Waals surface area contributed by atoms with Crippen LogP contribution in [0.3, 0.4) is 0 Å². The van der Waals surface area contributed by atoms with E-state index >= 15 is 0 Å². The zero-order valence-corrected chi connectivity index (χ0v) is 12.7. The number of benzene rings is 1. The highest BCUT2D eigenvalue weighted by molar-refractivity contribution is 9.10. The minimum absolute atomic E-state index is 0.167. The molecule has 0 saturated carbocycles. The Bertz CT molecular complexity index is 665. The minimum Gasteiger partial charge on any atom is -0.384 e. The van der Waals surface area contributed by atoms with Crippen molar-refractivity contribution in [3.8, 4) is 6.07 Å². The van der Waals surface area contributed by atoms with Crippen molar-refractivity contribution in [1.82, 2.24) is 5.32 Å². The molecule has 1 aromatic carbocycles. The van der Waals surface area contributed by atoms with Gasteiger partial charge in [0, 0.05) is 10.4 Å². The van der Waals surface area contributed by atoms with Gasteiger partial charge in [0.2, 0.25) is 5.91 Å². The van der Waals surface area contributed by atoms with E-state index in [0.717, 1.165) is 10.0 Å². The Balaban J connectivity index is 2.64. The third-order valence-corrected chi connectivity index (χ3v) is 3.96. The zero-order valence-electron chi connectivity index (χ0n) is 10.3. The van der Waals surface area contributed by atoms with Crippen LogP contribution in [-0.2, 0) is 4.79 Å². The Morgan fingerprint density at radius 3 is 2.75 bits per heavy atom. The van der Waals surface area contributed by atoms with Crippen molar-refractivity contribution in [3.05, 3.63) is 45.7 Å².